The molecule has 4 rings (SSSR count). The van der Waals surface area contributed by atoms with E-state index in [1.54, 1.807) is 11.8 Å². The van der Waals surface area contributed by atoms with Crippen molar-refractivity contribution in [3.05, 3.63) is 53.3 Å². The van der Waals surface area contributed by atoms with Gasteiger partial charge in [0.1, 0.15) is 5.82 Å². The lowest BCUT2D eigenvalue weighted by atomic mass is 10.1. The first-order valence-electron chi connectivity index (χ1n) is 7.81. The zero-order valence-corrected chi connectivity index (χ0v) is 15.0. The SMILES string of the molecule is CSc1ccc(-c2nnc3n2-c2ccc(Cl)cc2NC[C@H]3C)cc1. The summed E-state index contributed by atoms with van der Waals surface area (Å²) in [6, 6.07) is 14.3. The van der Waals surface area contributed by atoms with E-state index < -0.39 is 0 Å². The molecule has 0 unspecified atom stereocenters. The van der Waals surface area contributed by atoms with Crippen LogP contribution in [0.1, 0.15) is 18.7 Å². The maximum absolute atomic E-state index is 6.17. The molecule has 1 atom stereocenters. The van der Waals surface area contributed by atoms with Crippen LogP contribution in [0.2, 0.25) is 5.02 Å². The molecule has 0 radical (unpaired) electrons. The van der Waals surface area contributed by atoms with Gasteiger partial charge in [0.2, 0.25) is 0 Å². The fourth-order valence-electron chi connectivity index (χ4n) is 2.98. The van der Waals surface area contributed by atoms with Crippen molar-refractivity contribution in [2.45, 2.75) is 17.7 Å². The molecule has 0 saturated carbocycles. The average molecular weight is 357 g/mol. The maximum atomic E-state index is 6.17. The number of anilines is 1. The van der Waals surface area contributed by atoms with Crippen molar-refractivity contribution >= 4 is 29.1 Å². The van der Waals surface area contributed by atoms with Gasteiger partial charge in [-0.2, -0.15) is 0 Å². The van der Waals surface area contributed by atoms with E-state index in [-0.39, 0.29) is 5.92 Å². The fraction of sp³-hybridized carbons (Fsp3) is 0.222. The molecule has 1 N–H and O–H groups in total. The zero-order valence-electron chi connectivity index (χ0n) is 13.5. The molecular weight excluding hydrogens is 340 g/mol. The van der Waals surface area contributed by atoms with E-state index in [0.717, 1.165) is 40.2 Å². The van der Waals surface area contributed by atoms with Crippen LogP contribution in [0.4, 0.5) is 5.69 Å². The number of fused-ring (bicyclic) bond motifs is 3. The predicted molar refractivity (Wildman–Crippen MR) is 100 cm³/mol. The summed E-state index contributed by atoms with van der Waals surface area (Å²) in [6.45, 7) is 2.96. The molecule has 0 aliphatic carbocycles. The Balaban J connectivity index is 1.92. The Morgan fingerprint density at radius 2 is 1.96 bits per heavy atom. The Bertz CT molecular complexity index is 889. The lowest BCUT2D eigenvalue weighted by molar-refractivity contribution is 0.725. The molecule has 24 heavy (non-hydrogen) atoms. The number of aromatic nitrogens is 3. The third-order valence-corrected chi connectivity index (χ3v) is 5.25. The van der Waals surface area contributed by atoms with Crippen LogP contribution in [0.3, 0.4) is 0 Å². The van der Waals surface area contributed by atoms with E-state index in [1.165, 1.54) is 4.90 Å². The topological polar surface area (TPSA) is 42.7 Å². The molecule has 0 fully saturated rings. The van der Waals surface area contributed by atoms with Crippen molar-refractivity contribution in [1.82, 2.24) is 14.8 Å². The highest BCUT2D eigenvalue weighted by Gasteiger charge is 2.25. The molecule has 4 nitrogen and oxygen atoms in total. The molecule has 2 heterocycles. The monoisotopic (exact) mass is 356 g/mol. The number of benzene rings is 2. The van der Waals surface area contributed by atoms with E-state index in [1.807, 2.05) is 18.2 Å². The Hall–Kier alpha value is -1.98. The van der Waals surface area contributed by atoms with Gasteiger partial charge in [-0.25, -0.2) is 0 Å². The van der Waals surface area contributed by atoms with Crippen molar-refractivity contribution in [1.29, 1.82) is 0 Å². The number of rotatable bonds is 2. The standard InChI is InChI=1S/C18H17ClN4S/c1-11-10-20-15-9-13(19)5-8-16(15)23-17(11)21-22-18(23)12-3-6-14(24-2)7-4-12/h3-9,11,20H,10H2,1-2H3/t11-/m1/s1. The number of hydrogen-bond acceptors (Lipinski definition) is 4. The predicted octanol–water partition coefficient (Wildman–Crippen LogP) is 4.84. The average Bonchev–Trinajstić information content (AvgIpc) is 2.99. The van der Waals surface area contributed by atoms with Crippen LogP contribution in [0.25, 0.3) is 17.1 Å². The molecular formula is C18H17ClN4S. The Labute approximate surface area is 150 Å². The molecule has 6 heteroatoms. The van der Waals surface area contributed by atoms with Gasteiger partial charge in [-0.3, -0.25) is 4.57 Å². The smallest absolute Gasteiger partial charge is 0.168 e. The summed E-state index contributed by atoms with van der Waals surface area (Å²) in [5, 5.41) is 13.1. The second-order valence-electron chi connectivity index (χ2n) is 5.89. The van der Waals surface area contributed by atoms with Crippen LogP contribution in [0.15, 0.2) is 47.4 Å². The summed E-state index contributed by atoms with van der Waals surface area (Å²) in [5.41, 5.74) is 3.10. The van der Waals surface area contributed by atoms with Crippen molar-refractivity contribution in [2.24, 2.45) is 0 Å². The molecule has 2 aromatic carbocycles. The van der Waals surface area contributed by atoms with Crippen LogP contribution >= 0.6 is 23.4 Å². The number of hydrogen-bond donors (Lipinski definition) is 1. The van der Waals surface area contributed by atoms with E-state index in [4.69, 9.17) is 11.6 Å². The van der Waals surface area contributed by atoms with E-state index in [2.05, 4.69) is 57.5 Å². The highest BCUT2D eigenvalue weighted by molar-refractivity contribution is 7.98. The molecule has 122 valence electrons. The lowest BCUT2D eigenvalue weighted by Crippen LogP contribution is -2.09. The Morgan fingerprint density at radius 3 is 2.71 bits per heavy atom. The molecule has 0 bridgehead atoms. The van der Waals surface area contributed by atoms with Gasteiger partial charge in [-0.15, -0.1) is 22.0 Å². The van der Waals surface area contributed by atoms with Crippen LogP contribution in [0.5, 0.6) is 0 Å². The van der Waals surface area contributed by atoms with Gasteiger partial charge in [0, 0.05) is 27.9 Å². The first-order valence-corrected chi connectivity index (χ1v) is 9.41. The van der Waals surface area contributed by atoms with Gasteiger partial charge in [-0.05, 0) is 36.6 Å². The third kappa shape index (κ3) is 2.58. The highest BCUT2D eigenvalue weighted by Crippen LogP contribution is 2.35. The van der Waals surface area contributed by atoms with Crippen LogP contribution in [-0.2, 0) is 0 Å². The van der Waals surface area contributed by atoms with Gasteiger partial charge >= 0.3 is 0 Å². The quantitative estimate of drug-likeness (QED) is 0.667. The minimum absolute atomic E-state index is 0.253. The minimum Gasteiger partial charge on any atom is -0.383 e. The lowest BCUT2D eigenvalue weighted by Gasteiger charge is -2.12. The normalized spacial score (nSPS) is 16.0. The van der Waals surface area contributed by atoms with Gasteiger partial charge in [-0.1, -0.05) is 30.7 Å². The first-order chi connectivity index (χ1) is 11.7. The summed E-state index contributed by atoms with van der Waals surface area (Å²) in [7, 11) is 0. The largest absolute Gasteiger partial charge is 0.383 e. The second-order valence-corrected chi connectivity index (χ2v) is 7.21. The molecule has 1 aliphatic rings. The summed E-state index contributed by atoms with van der Waals surface area (Å²) in [6.07, 6.45) is 2.07. The van der Waals surface area contributed by atoms with Gasteiger partial charge in [0.25, 0.3) is 0 Å². The maximum Gasteiger partial charge on any atom is 0.168 e. The van der Waals surface area contributed by atoms with E-state index >= 15 is 0 Å². The highest BCUT2D eigenvalue weighted by atomic mass is 35.5. The first kappa shape index (κ1) is 15.5. The Morgan fingerprint density at radius 1 is 1.17 bits per heavy atom. The Kier molecular flexibility index (Phi) is 3.98. The van der Waals surface area contributed by atoms with Gasteiger partial charge in [0.15, 0.2) is 5.82 Å². The minimum atomic E-state index is 0.253. The fourth-order valence-corrected chi connectivity index (χ4v) is 3.56. The number of nitrogens with one attached hydrogen (secondary N) is 1. The molecule has 1 aliphatic heterocycles. The van der Waals surface area contributed by atoms with Crippen LogP contribution in [0, 0.1) is 0 Å². The number of halogens is 1. The van der Waals surface area contributed by atoms with E-state index in [9.17, 15) is 0 Å². The van der Waals surface area contributed by atoms with Crippen molar-refractivity contribution in [2.75, 3.05) is 18.1 Å². The van der Waals surface area contributed by atoms with Crippen LogP contribution in [-0.4, -0.2) is 27.6 Å². The molecule has 3 aromatic rings. The summed E-state index contributed by atoms with van der Waals surface area (Å²) in [4.78, 5) is 1.23. The number of nitrogens with zero attached hydrogens (tertiary/aromatic N) is 3. The van der Waals surface area contributed by atoms with Gasteiger partial charge in [0.05, 0.1) is 11.4 Å². The summed E-state index contributed by atoms with van der Waals surface area (Å²) in [5.74, 6) is 2.08. The number of thioether (sulfide) groups is 1. The van der Waals surface area contributed by atoms with Crippen molar-refractivity contribution < 1.29 is 0 Å². The zero-order chi connectivity index (χ0) is 16.7. The van der Waals surface area contributed by atoms with E-state index in [0.29, 0.717) is 0 Å². The molecule has 0 saturated heterocycles. The summed E-state index contributed by atoms with van der Waals surface area (Å²) < 4.78 is 2.14. The summed E-state index contributed by atoms with van der Waals surface area (Å²) >= 11 is 7.90. The van der Waals surface area contributed by atoms with Crippen molar-refractivity contribution in [3.63, 3.8) is 0 Å². The third-order valence-electron chi connectivity index (χ3n) is 4.28. The molecule has 0 amide bonds. The second kappa shape index (κ2) is 6.15. The molecule has 0 spiro atoms. The van der Waals surface area contributed by atoms with Crippen molar-refractivity contribution in [3.8, 4) is 17.1 Å². The van der Waals surface area contributed by atoms with Crippen LogP contribution < -0.4 is 5.32 Å². The molecule has 1 aromatic heterocycles. The van der Waals surface area contributed by atoms with Gasteiger partial charge < -0.3 is 5.32 Å².